The van der Waals surface area contributed by atoms with Crippen molar-refractivity contribution in [3.63, 3.8) is 0 Å². The highest BCUT2D eigenvalue weighted by Gasteiger charge is 2.13. The topological polar surface area (TPSA) is 71.3 Å². The molecule has 0 aliphatic carbocycles. The first-order valence-corrected chi connectivity index (χ1v) is 9.57. The number of fused-ring (bicyclic) bond motifs is 1. The number of anilines is 1. The van der Waals surface area contributed by atoms with Gasteiger partial charge in [-0.15, -0.1) is 0 Å². The van der Waals surface area contributed by atoms with Crippen molar-refractivity contribution in [1.29, 1.82) is 0 Å². The maximum Gasteiger partial charge on any atom is 0.219 e. The van der Waals surface area contributed by atoms with Crippen LogP contribution < -0.4 is 10.6 Å². The molecule has 0 aliphatic heterocycles. The second-order valence-corrected chi connectivity index (χ2v) is 6.98. The maximum absolute atomic E-state index is 11.3. The number of halogens is 2. The van der Waals surface area contributed by atoms with Gasteiger partial charge in [0.2, 0.25) is 5.91 Å². The summed E-state index contributed by atoms with van der Waals surface area (Å²) in [5, 5.41) is 11.2. The zero-order valence-electron chi connectivity index (χ0n) is 14.3. The number of aromatic nitrogens is 3. The second kappa shape index (κ2) is 8.51. The summed E-state index contributed by atoms with van der Waals surface area (Å²) in [7, 11) is 0. The molecule has 0 radical (unpaired) electrons. The Morgan fingerprint density at radius 2 is 2.12 bits per heavy atom. The van der Waals surface area contributed by atoms with Crippen LogP contribution in [0, 0.1) is 0 Å². The lowest BCUT2D eigenvalue weighted by Crippen LogP contribution is -2.24. The molecular formula is C18H19BrClN5O. The third-order valence-electron chi connectivity index (χ3n) is 3.88. The molecule has 3 rings (SSSR count). The Labute approximate surface area is 165 Å². The van der Waals surface area contributed by atoms with Gasteiger partial charge < -0.3 is 10.6 Å². The number of rotatable bonds is 7. The van der Waals surface area contributed by atoms with Crippen molar-refractivity contribution in [2.75, 3.05) is 18.4 Å². The molecule has 0 bridgehead atoms. The zero-order chi connectivity index (χ0) is 18.5. The smallest absolute Gasteiger partial charge is 0.219 e. The van der Waals surface area contributed by atoms with E-state index in [0.29, 0.717) is 30.2 Å². The van der Waals surface area contributed by atoms with Crippen LogP contribution in [0.3, 0.4) is 0 Å². The molecule has 6 nitrogen and oxygen atoms in total. The average molecular weight is 437 g/mol. The summed E-state index contributed by atoms with van der Waals surface area (Å²) in [6.07, 6.45) is 3.02. The van der Waals surface area contributed by atoms with Crippen molar-refractivity contribution in [2.45, 2.75) is 19.8 Å². The number of nitrogens with one attached hydrogen (secondary N) is 2. The molecule has 1 amide bonds. The van der Waals surface area contributed by atoms with E-state index in [1.54, 1.807) is 10.7 Å². The van der Waals surface area contributed by atoms with Crippen LogP contribution in [0.4, 0.5) is 5.82 Å². The number of carbonyl (C=O) groups excluding carboxylic acids is 1. The SMILES string of the molecule is CCC(=O)NCCCNc1cc(-c2ccccc2Cl)nc2c(Br)cnn12. The van der Waals surface area contributed by atoms with Gasteiger partial charge in [-0.1, -0.05) is 36.7 Å². The van der Waals surface area contributed by atoms with Crippen LogP contribution in [0.5, 0.6) is 0 Å². The van der Waals surface area contributed by atoms with E-state index in [2.05, 4.69) is 36.6 Å². The predicted molar refractivity (Wildman–Crippen MR) is 108 cm³/mol. The zero-order valence-corrected chi connectivity index (χ0v) is 16.6. The van der Waals surface area contributed by atoms with Crippen molar-refractivity contribution in [1.82, 2.24) is 19.9 Å². The molecule has 2 heterocycles. The highest BCUT2D eigenvalue weighted by molar-refractivity contribution is 9.10. The fourth-order valence-corrected chi connectivity index (χ4v) is 3.11. The molecule has 0 spiro atoms. The molecule has 2 aromatic heterocycles. The fraction of sp³-hybridized carbons (Fsp3) is 0.278. The Hall–Kier alpha value is -2.12. The van der Waals surface area contributed by atoms with Gasteiger partial charge >= 0.3 is 0 Å². The molecular weight excluding hydrogens is 418 g/mol. The summed E-state index contributed by atoms with van der Waals surface area (Å²) in [4.78, 5) is 16.0. The third-order valence-corrected chi connectivity index (χ3v) is 4.77. The molecule has 8 heteroatoms. The molecule has 136 valence electrons. The normalized spacial score (nSPS) is 10.9. The van der Waals surface area contributed by atoms with Gasteiger partial charge in [-0.3, -0.25) is 4.79 Å². The van der Waals surface area contributed by atoms with Crippen LogP contribution in [-0.4, -0.2) is 33.6 Å². The first-order chi connectivity index (χ1) is 12.6. The number of carbonyl (C=O) groups is 1. The van der Waals surface area contributed by atoms with Crippen molar-refractivity contribution < 1.29 is 4.79 Å². The monoisotopic (exact) mass is 435 g/mol. The van der Waals surface area contributed by atoms with Crippen molar-refractivity contribution in [3.05, 3.63) is 46.0 Å². The van der Waals surface area contributed by atoms with Gasteiger partial charge in [0, 0.05) is 36.2 Å². The number of hydrogen-bond acceptors (Lipinski definition) is 4. The van der Waals surface area contributed by atoms with Gasteiger partial charge in [0.25, 0.3) is 0 Å². The standard InChI is InChI=1S/C18H19BrClN5O/c1-2-17(26)22-9-5-8-21-16-10-15(12-6-3-4-7-14(12)20)24-18-13(19)11-23-25(16)18/h3-4,6-7,10-11,21H,2,5,8-9H2,1H3,(H,22,26). The van der Waals surface area contributed by atoms with Crippen LogP contribution in [0.1, 0.15) is 19.8 Å². The van der Waals surface area contributed by atoms with Crippen LogP contribution >= 0.6 is 27.5 Å². The molecule has 0 fully saturated rings. The Balaban J connectivity index is 1.82. The van der Waals surface area contributed by atoms with Crippen LogP contribution in [0.25, 0.3) is 16.9 Å². The van der Waals surface area contributed by atoms with E-state index in [4.69, 9.17) is 11.6 Å². The summed E-state index contributed by atoms with van der Waals surface area (Å²) >= 11 is 9.82. The highest BCUT2D eigenvalue weighted by Crippen LogP contribution is 2.30. The quantitative estimate of drug-likeness (QED) is 0.546. The molecule has 0 unspecified atom stereocenters. The van der Waals surface area contributed by atoms with E-state index in [-0.39, 0.29) is 5.91 Å². The lowest BCUT2D eigenvalue weighted by Gasteiger charge is -2.12. The fourth-order valence-electron chi connectivity index (χ4n) is 2.53. The Morgan fingerprint density at radius 3 is 2.88 bits per heavy atom. The van der Waals surface area contributed by atoms with Gasteiger partial charge in [-0.2, -0.15) is 9.61 Å². The molecule has 1 aromatic carbocycles. The molecule has 0 saturated carbocycles. The summed E-state index contributed by atoms with van der Waals surface area (Å²) < 4.78 is 2.55. The minimum absolute atomic E-state index is 0.0633. The van der Waals surface area contributed by atoms with Crippen LogP contribution in [0.15, 0.2) is 41.0 Å². The summed E-state index contributed by atoms with van der Waals surface area (Å²) in [5.41, 5.74) is 2.35. The van der Waals surface area contributed by atoms with E-state index in [1.807, 2.05) is 37.3 Å². The van der Waals surface area contributed by atoms with Gasteiger partial charge in [-0.25, -0.2) is 4.98 Å². The van der Waals surface area contributed by atoms with Crippen molar-refractivity contribution >= 4 is 44.9 Å². The Bertz CT molecular complexity index is 927. The highest BCUT2D eigenvalue weighted by atomic mass is 79.9. The van der Waals surface area contributed by atoms with Crippen molar-refractivity contribution in [3.8, 4) is 11.3 Å². The van der Waals surface area contributed by atoms with E-state index in [0.717, 1.165) is 28.0 Å². The summed E-state index contributed by atoms with van der Waals surface area (Å²) in [6.45, 7) is 3.17. The van der Waals surface area contributed by atoms with Gasteiger partial charge in [0.1, 0.15) is 5.82 Å². The Morgan fingerprint density at radius 1 is 1.31 bits per heavy atom. The predicted octanol–water partition coefficient (Wildman–Crippen LogP) is 4.14. The summed E-state index contributed by atoms with van der Waals surface area (Å²) in [6, 6.07) is 9.54. The maximum atomic E-state index is 11.3. The van der Waals surface area contributed by atoms with Gasteiger partial charge in [0.05, 0.1) is 16.4 Å². The van der Waals surface area contributed by atoms with Crippen molar-refractivity contribution in [2.24, 2.45) is 0 Å². The second-order valence-electron chi connectivity index (χ2n) is 5.72. The lowest BCUT2D eigenvalue weighted by atomic mass is 10.1. The molecule has 26 heavy (non-hydrogen) atoms. The molecule has 0 aliphatic rings. The third kappa shape index (κ3) is 4.16. The number of amides is 1. The van der Waals surface area contributed by atoms with Gasteiger partial charge in [0.15, 0.2) is 5.65 Å². The minimum atomic E-state index is 0.0633. The summed E-state index contributed by atoms with van der Waals surface area (Å²) in [5.74, 6) is 0.880. The van der Waals surface area contributed by atoms with E-state index >= 15 is 0 Å². The first-order valence-electron chi connectivity index (χ1n) is 8.40. The van der Waals surface area contributed by atoms with Crippen LogP contribution in [-0.2, 0) is 4.79 Å². The minimum Gasteiger partial charge on any atom is -0.370 e. The molecule has 0 atom stereocenters. The van der Waals surface area contributed by atoms with E-state index < -0.39 is 0 Å². The Kier molecular flexibility index (Phi) is 6.11. The largest absolute Gasteiger partial charge is 0.370 e. The molecule has 0 saturated heterocycles. The number of nitrogens with zero attached hydrogens (tertiary/aromatic N) is 3. The average Bonchev–Trinajstić information content (AvgIpc) is 3.02. The van der Waals surface area contributed by atoms with Gasteiger partial charge in [-0.05, 0) is 28.4 Å². The number of hydrogen-bond donors (Lipinski definition) is 2. The molecule has 2 N–H and O–H groups in total. The lowest BCUT2D eigenvalue weighted by molar-refractivity contribution is -0.120. The van der Waals surface area contributed by atoms with E-state index in [1.165, 1.54) is 0 Å². The molecule has 3 aromatic rings. The number of benzene rings is 1. The first kappa shape index (κ1) is 18.7. The van der Waals surface area contributed by atoms with E-state index in [9.17, 15) is 4.79 Å². The van der Waals surface area contributed by atoms with Crippen LogP contribution in [0.2, 0.25) is 5.02 Å².